The molecule has 2 aromatic rings. The quantitative estimate of drug-likeness (QED) is 0.480. The van der Waals surface area contributed by atoms with Gasteiger partial charge < -0.3 is 14.5 Å². The summed E-state index contributed by atoms with van der Waals surface area (Å²) in [6.45, 7) is 0.822. The molecule has 0 radical (unpaired) electrons. The summed E-state index contributed by atoms with van der Waals surface area (Å²) in [5.41, 5.74) is 2.58. The molecule has 0 unspecified atom stereocenters. The van der Waals surface area contributed by atoms with Gasteiger partial charge in [-0.25, -0.2) is 4.57 Å². The van der Waals surface area contributed by atoms with Gasteiger partial charge in [-0.1, -0.05) is 42.5 Å². The van der Waals surface area contributed by atoms with Crippen molar-refractivity contribution in [3.05, 3.63) is 65.7 Å². The first-order chi connectivity index (χ1) is 13.0. The van der Waals surface area contributed by atoms with Crippen molar-refractivity contribution in [2.45, 2.75) is 38.0 Å². The number of benzene rings is 2. The number of hydrogen-bond acceptors (Lipinski definition) is 3. The molecular formula is C21H27O5P. The van der Waals surface area contributed by atoms with E-state index in [-0.39, 0.29) is 12.5 Å². The predicted octanol–water partition coefficient (Wildman–Crippen LogP) is 4.69. The molecule has 2 aromatic carbocycles. The molecule has 0 saturated heterocycles. The summed E-state index contributed by atoms with van der Waals surface area (Å²) in [5, 5.41) is 0. The van der Waals surface area contributed by atoms with Gasteiger partial charge in [-0.05, 0) is 67.2 Å². The van der Waals surface area contributed by atoms with Crippen molar-refractivity contribution in [1.29, 1.82) is 0 Å². The summed E-state index contributed by atoms with van der Waals surface area (Å²) >= 11 is 0. The fourth-order valence-electron chi connectivity index (χ4n) is 3.68. The SMILES string of the molecule is O=P(O)(O)OC[C@H]1CC[C@@H](c2ccc(OCCCc3ccccc3)cc2)C1. The van der Waals surface area contributed by atoms with Gasteiger partial charge in [-0.15, -0.1) is 0 Å². The zero-order valence-corrected chi connectivity index (χ0v) is 16.3. The second kappa shape index (κ2) is 9.52. The average molecular weight is 390 g/mol. The van der Waals surface area contributed by atoms with E-state index in [2.05, 4.69) is 40.9 Å². The van der Waals surface area contributed by atoms with Crippen LogP contribution in [-0.2, 0) is 15.5 Å². The first kappa shape index (κ1) is 20.1. The molecule has 27 heavy (non-hydrogen) atoms. The van der Waals surface area contributed by atoms with Gasteiger partial charge in [0.05, 0.1) is 13.2 Å². The van der Waals surface area contributed by atoms with Gasteiger partial charge in [0.1, 0.15) is 5.75 Å². The Labute approximate surface area is 160 Å². The van der Waals surface area contributed by atoms with E-state index in [4.69, 9.17) is 14.5 Å². The third-order valence-corrected chi connectivity index (χ3v) is 5.58. The van der Waals surface area contributed by atoms with Crippen LogP contribution < -0.4 is 4.74 Å². The van der Waals surface area contributed by atoms with Crippen molar-refractivity contribution in [2.24, 2.45) is 5.92 Å². The number of ether oxygens (including phenoxy) is 1. The van der Waals surface area contributed by atoms with Gasteiger partial charge in [0.25, 0.3) is 0 Å². The van der Waals surface area contributed by atoms with E-state index in [9.17, 15) is 4.57 Å². The smallest absolute Gasteiger partial charge is 0.469 e. The fourth-order valence-corrected chi connectivity index (χ4v) is 4.08. The molecule has 2 atom stereocenters. The first-order valence-corrected chi connectivity index (χ1v) is 11.0. The third kappa shape index (κ3) is 6.78. The maximum absolute atomic E-state index is 10.8. The van der Waals surface area contributed by atoms with Gasteiger partial charge in [0, 0.05) is 0 Å². The number of phosphoric acid groups is 1. The van der Waals surface area contributed by atoms with Crippen LogP contribution in [0.2, 0.25) is 0 Å². The molecule has 0 bridgehead atoms. The molecule has 0 aliphatic heterocycles. The summed E-state index contributed by atoms with van der Waals surface area (Å²) in [7, 11) is -4.37. The lowest BCUT2D eigenvalue weighted by Crippen LogP contribution is -2.05. The number of rotatable bonds is 9. The van der Waals surface area contributed by atoms with Crippen LogP contribution >= 0.6 is 7.82 Å². The maximum atomic E-state index is 10.8. The molecule has 146 valence electrons. The number of aryl methyl sites for hydroxylation is 1. The zero-order valence-electron chi connectivity index (χ0n) is 15.4. The van der Waals surface area contributed by atoms with Crippen molar-refractivity contribution in [3.63, 3.8) is 0 Å². The highest BCUT2D eigenvalue weighted by molar-refractivity contribution is 7.46. The lowest BCUT2D eigenvalue weighted by atomic mass is 9.96. The van der Waals surface area contributed by atoms with E-state index >= 15 is 0 Å². The van der Waals surface area contributed by atoms with Crippen LogP contribution in [0.25, 0.3) is 0 Å². The summed E-state index contributed by atoms with van der Waals surface area (Å²) in [6.07, 6.45) is 4.85. The molecule has 0 heterocycles. The third-order valence-electron chi connectivity index (χ3n) is 5.09. The molecule has 1 aliphatic carbocycles. The fraction of sp³-hybridized carbons (Fsp3) is 0.429. The second-order valence-corrected chi connectivity index (χ2v) is 8.41. The van der Waals surface area contributed by atoms with E-state index in [1.807, 2.05) is 18.2 Å². The summed E-state index contributed by atoms with van der Waals surface area (Å²) in [4.78, 5) is 17.6. The van der Waals surface area contributed by atoms with E-state index < -0.39 is 7.82 Å². The minimum Gasteiger partial charge on any atom is -0.494 e. The molecule has 1 aliphatic rings. The molecule has 0 aromatic heterocycles. The number of phosphoric ester groups is 1. The molecule has 2 N–H and O–H groups in total. The zero-order chi connectivity index (χ0) is 19.1. The monoisotopic (exact) mass is 390 g/mol. The van der Waals surface area contributed by atoms with Crippen molar-refractivity contribution >= 4 is 7.82 Å². The van der Waals surface area contributed by atoms with Crippen LogP contribution in [0.4, 0.5) is 0 Å². The van der Waals surface area contributed by atoms with Crippen LogP contribution in [0.15, 0.2) is 54.6 Å². The topological polar surface area (TPSA) is 76.0 Å². The normalized spacial score (nSPS) is 19.9. The average Bonchev–Trinajstić information content (AvgIpc) is 3.14. The predicted molar refractivity (Wildman–Crippen MR) is 105 cm³/mol. The second-order valence-electron chi connectivity index (χ2n) is 7.17. The largest absolute Gasteiger partial charge is 0.494 e. The van der Waals surface area contributed by atoms with E-state index in [1.54, 1.807) is 0 Å². The number of hydrogen-bond donors (Lipinski definition) is 2. The maximum Gasteiger partial charge on any atom is 0.469 e. The van der Waals surface area contributed by atoms with Crippen molar-refractivity contribution in [1.82, 2.24) is 0 Å². The summed E-state index contributed by atoms with van der Waals surface area (Å²) in [6, 6.07) is 18.6. The van der Waals surface area contributed by atoms with Crippen LogP contribution in [0.1, 0.15) is 42.7 Å². The molecule has 3 rings (SSSR count). The van der Waals surface area contributed by atoms with Crippen LogP contribution in [0, 0.1) is 5.92 Å². The van der Waals surface area contributed by atoms with Gasteiger partial charge in [0.15, 0.2) is 0 Å². The Bertz CT molecular complexity index is 741. The van der Waals surface area contributed by atoms with E-state index in [0.29, 0.717) is 12.5 Å². The Morgan fingerprint density at radius 2 is 1.74 bits per heavy atom. The van der Waals surface area contributed by atoms with Gasteiger partial charge in [0.2, 0.25) is 0 Å². The Balaban J connectivity index is 1.40. The molecule has 0 spiro atoms. The molecule has 1 saturated carbocycles. The molecule has 1 fully saturated rings. The lowest BCUT2D eigenvalue weighted by Gasteiger charge is -2.13. The lowest BCUT2D eigenvalue weighted by molar-refractivity contribution is 0.168. The highest BCUT2D eigenvalue weighted by Gasteiger charge is 2.28. The van der Waals surface area contributed by atoms with E-state index in [0.717, 1.165) is 37.9 Å². The van der Waals surface area contributed by atoms with Crippen molar-refractivity contribution in [3.8, 4) is 5.75 Å². The Hall–Kier alpha value is -1.65. The van der Waals surface area contributed by atoms with Crippen molar-refractivity contribution in [2.75, 3.05) is 13.2 Å². The van der Waals surface area contributed by atoms with Gasteiger partial charge in [-0.3, -0.25) is 4.52 Å². The van der Waals surface area contributed by atoms with Crippen LogP contribution in [0.5, 0.6) is 5.75 Å². The molecular weight excluding hydrogens is 363 g/mol. The van der Waals surface area contributed by atoms with Crippen molar-refractivity contribution < 1.29 is 23.6 Å². The highest BCUT2D eigenvalue weighted by atomic mass is 31.2. The van der Waals surface area contributed by atoms with Crippen LogP contribution in [-0.4, -0.2) is 23.0 Å². The van der Waals surface area contributed by atoms with Gasteiger partial charge in [-0.2, -0.15) is 0 Å². The first-order valence-electron chi connectivity index (χ1n) is 9.46. The standard InChI is InChI=1S/C21H27O5P/c22-27(23,24)26-16-18-8-9-20(15-18)19-10-12-21(13-11-19)25-14-4-7-17-5-2-1-3-6-17/h1-3,5-6,10-13,18,20H,4,7-9,14-16H2,(H2,22,23,24)/t18-,20+/m0/s1. The minimum absolute atomic E-state index is 0.128. The summed E-state index contributed by atoms with van der Waals surface area (Å²) < 4.78 is 21.3. The molecule has 0 amide bonds. The van der Waals surface area contributed by atoms with Crippen LogP contribution in [0.3, 0.4) is 0 Å². The summed E-state index contributed by atoms with van der Waals surface area (Å²) in [5.74, 6) is 1.50. The van der Waals surface area contributed by atoms with E-state index in [1.165, 1.54) is 11.1 Å². The Morgan fingerprint density at radius 1 is 1.00 bits per heavy atom. The highest BCUT2D eigenvalue weighted by Crippen LogP contribution is 2.42. The Kier molecular flexibility index (Phi) is 7.08. The minimum atomic E-state index is -4.37. The Morgan fingerprint density at radius 3 is 2.44 bits per heavy atom. The van der Waals surface area contributed by atoms with Gasteiger partial charge >= 0.3 is 7.82 Å². The molecule has 5 nitrogen and oxygen atoms in total. The molecule has 6 heteroatoms.